The molecule has 3 N–H and O–H groups in total. The van der Waals surface area contributed by atoms with Crippen molar-refractivity contribution >= 4 is 22.9 Å². The van der Waals surface area contributed by atoms with Crippen molar-refractivity contribution in [2.24, 2.45) is 5.73 Å². The smallest absolute Gasteiger partial charge is 0.347 e. The predicted molar refractivity (Wildman–Crippen MR) is 122 cm³/mol. The van der Waals surface area contributed by atoms with Crippen LogP contribution >= 0.6 is 22.9 Å². The number of halogens is 4. The van der Waals surface area contributed by atoms with Gasteiger partial charge in [0.25, 0.3) is 0 Å². The Morgan fingerprint density at radius 2 is 2.12 bits per heavy atom. The molecule has 2 aromatic heterocycles. The minimum absolute atomic E-state index is 0.140. The van der Waals surface area contributed by atoms with E-state index in [9.17, 15) is 13.2 Å². The first-order valence-electron chi connectivity index (χ1n) is 10.8. The lowest BCUT2D eigenvalue weighted by atomic mass is 9.90. The van der Waals surface area contributed by atoms with Crippen LogP contribution in [0.2, 0.25) is 5.02 Å². The Kier molecular flexibility index (Phi) is 5.81. The molecule has 0 spiro atoms. The van der Waals surface area contributed by atoms with E-state index >= 15 is 0 Å². The van der Waals surface area contributed by atoms with Crippen LogP contribution in [0, 0.1) is 0 Å². The van der Waals surface area contributed by atoms with E-state index in [0.29, 0.717) is 5.02 Å². The second kappa shape index (κ2) is 8.39. The third kappa shape index (κ3) is 4.44. The molecule has 5 nitrogen and oxygen atoms in total. The maximum atomic E-state index is 13.4. The van der Waals surface area contributed by atoms with Crippen molar-refractivity contribution in [1.82, 2.24) is 15.1 Å². The highest BCUT2D eigenvalue weighted by Gasteiger charge is 2.46. The van der Waals surface area contributed by atoms with E-state index in [-0.39, 0.29) is 30.9 Å². The average molecular weight is 497 g/mol. The molecule has 0 amide bonds. The van der Waals surface area contributed by atoms with Crippen molar-refractivity contribution in [2.75, 3.05) is 6.54 Å². The van der Waals surface area contributed by atoms with Crippen LogP contribution in [0.25, 0.3) is 11.3 Å². The zero-order valence-corrected chi connectivity index (χ0v) is 19.5. The molecule has 0 saturated carbocycles. The number of thiophene rings is 1. The third-order valence-electron chi connectivity index (χ3n) is 6.27. The van der Waals surface area contributed by atoms with Crippen LogP contribution in [0.1, 0.15) is 40.3 Å². The first-order chi connectivity index (χ1) is 15.7. The number of aromatic nitrogens is 2. The van der Waals surface area contributed by atoms with E-state index in [4.69, 9.17) is 22.1 Å². The topological polar surface area (TPSA) is 68.4 Å². The molecule has 2 aliphatic rings. The molecular formula is C23H24ClF3N4OS. The van der Waals surface area contributed by atoms with E-state index in [1.165, 1.54) is 17.0 Å². The van der Waals surface area contributed by atoms with Crippen LogP contribution in [0.15, 0.2) is 36.5 Å². The summed E-state index contributed by atoms with van der Waals surface area (Å²) in [6.45, 7) is 2.83. The monoisotopic (exact) mass is 496 g/mol. The van der Waals surface area contributed by atoms with Crippen molar-refractivity contribution in [1.29, 1.82) is 0 Å². The summed E-state index contributed by atoms with van der Waals surface area (Å²) in [6, 6.07) is 7.74. The lowest BCUT2D eigenvalue weighted by Crippen LogP contribution is -2.52. The lowest BCUT2D eigenvalue weighted by molar-refractivity contribution is -0.138. The summed E-state index contributed by atoms with van der Waals surface area (Å²) in [5.74, 6) is 0. The minimum atomic E-state index is -4.41. The first-order valence-corrected chi connectivity index (χ1v) is 12.0. The number of benzene rings is 1. The molecule has 3 atom stereocenters. The van der Waals surface area contributed by atoms with Gasteiger partial charge in [0.2, 0.25) is 0 Å². The number of epoxide rings is 1. The van der Waals surface area contributed by atoms with Crippen molar-refractivity contribution in [2.45, 2.75) is 56.8 Å². The molecule has 10 heteroatoms. The number of fused-ring (bicyclic) bond motifs is 3. The van der Waals surface area contributed by atoms with Gasteiger partial charge in [-0.3, -0.25) is 10.00 Å². The number of hydrogen-bond donors (Lipinski definition) is 2. The van der Waals surface area contributed by atoms with Crippen LogP contribution in [0.5, 0.6) is 0 Å². The van der Waals surface area contributed by atoms with Crippen LogP contribution < -0.4 is 11.1 Å². The number of ether oxygens (including phenoxy) is 1. The quantitative estimate of drug-likeness (QED) is 0.461. The highest BCUT2D eigenvalue weighted by molar-refractivity contribution is 7.12. The number of nitrogens with two attached hydrogens (primary N) is 1. The number of aryl methyl sites for hydroxylation is 2. The molecule has 0 bridgehead atoms. The van der Waals surface area contributed by atoms with Crippen LogP contribution in [0.4, 0.5) is 13.2 Å². The summed E-state index contributed by atoms with van der Waals surface area (Å²) in [5, 5.41) is 8.37. The molecular weight excluding hydrogens is 473 g/mol. The van der Waals surface area contributed by atoms with Crippen molar-refractivity contribution in [3.8, 4) is 11.3 Å². The third-order valence-corrected chi connectivity index (χ3v) is 7.80. The van der Waals surface area contributed by atoms with Gasteiger partial charge in [0.05, 0.1) is 22.5 Å². The summed E-state index contributed by atoms with van der Waals surface area (Å²) in [5.41, 5.74) is 6.87. The second-order valence-electron chi connectivity index (χ2n) is 8.87. The predicted octanol–water partition coefficient (Wildman–Crippen LogP) is 5.18. The van der Waals surface area contributed by atoms with Gasteiger partial charge in [0.1, 0.15) is 12.3 Å². The molecule has 1 fully saturated rings. The van der Waals surface area contributed by atoms with E-state index in [2.05, 4.69) is 16.5 Å². The van der Waals surface area contributed by atoms with Crippen LogP contribution in [-0.4, -0.2) is 28.1 Å². The Hall–Kier alpha value is -1.91. The van der Waals surface area contributed by atoms with Gasteiger partial charge in [0, 0.05) is 33.9 Å². The number of nitrogens with one attached hydrogen (secondary N) is 1. The van der Waals surface area contributed by atoms with E-state index in [1.54, 1.807) is 23.6 Å². The van der Waals surface area contributed by atoms with Crippen molar-refractivity contribution < 1.29 is 17.9 Å². The second-order valence-corrected chi connectivity index (χ2v) is 10.4. The number of rotatable bonds is 6. The van der Waals surface area contributed by atoms with Crippen LogP contribution in [0.3, 0.4) is 0 Å². The van der Waals surface area contributed by atoms with Gasteiger partial charge < -0.3 is 10.5 Å². The molecule has 1 aromatic carbocycles. The summed E-state index contributed by atoms with van der Waals surface area (Å²) >= 11 is 8.10. The maximum absolute atomic E-state index is 13.4. The van der Waals surface area contributed by atoms with E-state index < -0.39 is 17.3 Å². The molecule has 176 valence electrons. The lowest BCUT2D eigenvalue weighted by Gasteiger charge is -2.30. The van der Waals surface area contributed by atoms with E-state index in [0.717, 1.165) is 41.6 Å². The Morgan fingerprint density at radius 1 is 1.33 bits per heavy atom. The molecule has 0 aliphatic carbocycles. The average Bonchev–Trinajstić information content (AvgIpc) is 3.30. The molecule has 4 heterocycles. The maximum Gasteiger partial charge on any atom is 0.416 e. The summed E-state index contributed by atoms with van der Waals surface area (Å²) in [6.07, 6.45) is -1.14. The van der Waals surface area contributed by atoms with Gasteiger partial charge >= 0.3 is 6.18 Å². The molecule has 3 unspecified atom stereocenters. The number of alkyl halides is 3. The molecule has 2 aliphatic heterocycles. The standard InChI is InChI=1S/C23H24ClF3N4OS/c1-22(12-28,10-13-5-2-3-6-15(13)23(25,26)27)30-21-20(32-21)18-9-14-17(33-18)7-4-8-31-19(14)16(24)11-29-31/h2-3,5-6,9,11,20-21,30H,4,7-8,10,12,28H2,1H3. The van der Waals surface area contributed by atoms with Gasteiger partial charge in [-0.2, -0.15) is 18.3 Å². The SMILES string of the molecule is CC(CN)(Cc1ccccc1C(F)(F)F)NC1OC1c1cc2c(s1)CCCn1ncc(Cl)c1-2. The number of nitrogens with zero attached hydrogens (tertiary/aromatic N) is 2. The van der Waals surface area contributed by atoms with Gasteiger partial charge in [0.15, 0.2) is 0 Å². The van der Waals surface area contributed by atoms with Crippen molar-refractivity contribution in [3.05, 3.63) is 62.4 Å². The molecule has 0 radical (unpaired) electrons. The zero-order valence-electron chi connectivity index (χ0n) is 18.0. The molecule has 3 aromatic rings. The highest BCUT2D eigenvalue weighted by Crippen LogP contribution is 2.47. The minimum Gasteiger partial charge on any atom is -0.347 e. The number of hydrogen-bond acceptors (Lipinski definition) is 5. The summed E-state index contributed by atoms with van der Waals surface area (Å²) in [7, 11) is 0. The van der Waals surface area contributed by atoms with Crippen molar-refractivity contribution in [3.63, 3.8) is 0 Å². The summed E-state index contributed by atoms with van der Waals surface area (Å²) < 4.78 is 48.2. The van der Waals surface area contributed by atoms with Gasteiger partial charge in [-0.1, -0.05) is 29.8 Å². The van der Waals surface area contributed by atoms with Crippen LogP contribution in [-0.2, 0) is 30.3 Å². The fraction of sp³-hybridized carbons (Fsp3) is 0.435. The fourth-order valence-corrected chi connectivity index (χ4v) is 6.01. The molecule has 1 saturated heterocycles. The Bertz CT molecular complexity index is 1180. The van der Waals surface area contributed by atoms with Gasteiger partial charge in [-0.05, 0) is 43.9 Å². The Labute approximate surface area is 198 Å². The molecule has 5 rings (SSSR count). The molecule has 33 heavy (non-hydrogen) atoms. The normalized spacial score (nSPS) is 21.8. The van der Waals surface area contributed by atoms with E-state index in [1.807, 2.05) is 11.6 Å². The highest BCUT2D eigenvalue weighted by atomic mass is 35.5. The fourth-order valence-electron chi connectivity index (χ4n) is 4.50. The largest absolute Gasteiger partial charge is 0.416 e. The Balaban J connectivity index is 1.34. The van der Waals surface area contributed by atoms with Gasteiger partial charge in [-0.25, -0.2) is 0 Å². The van der Waals surface area contributed by atoms with Gasteiger partial charge in [-0.15, -0.1) is 11.3 Å². The zero-order chi connectivity index (χ0) is 23.4. The first kappa shape index (κ1) is 22.9. The summed E-state index contributed by atoms with van der Waals surface area (Å²) in [4.78, 5) is 2.32. The Morgan fingerprint density at radius 3 is 2.88 bits per heavy atom.